The van der Waals surface area contributed by atoms with Crippen LogP contribution in [0.2, 0.25) is 0 Å². The lowest BCUT2D eigenvalue weighted by atomic mass is 10.2. The molecule has 0 atom stereocenters. The van der Waals surface area contributed by atoms with Crippen LogP contribution >= 0.6 is 11.3 Å². The summed E-state index contributed by atoms with van der Waals surface area (Å²) in [4.78, 5) is 4.94. The van der Waals surface area contributed by atoms with E-state index in [9.17, 15) is 4.39 Å². The van der Waals surface area contributed by atoms with E-state index < -0.39 is 0 Å². The molecular weight excluding hydrogens is 285 g/mol. The maximum Gasteiger partial charge on any atom is 0.124 e. The Hall–Kier alpha value is -1.17. The molecule has 0 saturated carbocycles. The highest BCUT2D eigenvalue weighted by Gasteiger charge is 2.19. The van der Waals surface area contributed by atoms with Crippen molar-refractivity contribution in [1.82, 2.24) is 4.90 Å². The second kappa shape index (κ2) is 6.73. The lowest BCUT2D eigenvalue weighted by Crippen LogP contribution is -2.46. The van der Waals surface area contributed by atoms with Gasteiger partial charge in [0.05, 0.1) is 5.69 Å². The lowest BCUT2D eigenvalue weighted by molar-refractivity contribution is 0.253. The largest absolute Gasteiger partial charge is 0.368 e. The van der Waals surface area contributed by atoms with Crippen molar-refractivity contribution in [2.75, 3.05) is 44.2 Å². The Morgan fingerprint density at radius 1 is 1.14 bits per heavy atom. The van der Waals surface area contributed by atoms with Crippen LogP contribution in [0, 0.1) is 5.82 Å². The van der Waals surface area contributed by atoms with Crippen molar-refractivity contribution < 1.29 is 4.39 Å². The molecule has 1 aromatic heterocycles. The van der Waals surface area contributed by atoms with Crippen LogP contribution in [0.15, 0.2) is 23.6 Å². The molecule has 1 fully saturated rings. The molecule has 114 valence electrons. The topological polar surface area (TPSA) is 32.5 Å². The van der Waals surface area contributed by atoms with Gasteiger partial charge in [-0.05, 0) is 44.1 Å². The van der Waals surface area contributed by atoms with Gasteiger partial charge in [-0.2, -0.15) is 0 Å². The number of piperazine rings is 1. The van der Waals surface area contributed by atoms with Crippen LogP contribution in [0.25, 0.3) is 10.1 Å². The van der Waals surface area contributed by atoms with Gasteiger partial charge in [0.25, 0.3) is 0 Å². The molecule has 0 bridgehead atoms. The molecule has 3 rings (SSSR count). The maximum absolute atomic E-state index is 13.3. The number of fused-ring (bicyclic) bond motifs is 1. The molecule has 2 N–H and O–H groups in total. The van der Waals surface area contributed by atoms with Crippen LogP contribution in [-0.2, 0) is 0 Å². The first-order chi connectivity index (χ1) is 10.3. The number of nitrogens with zero attached hydrogens (tertiary/aromatic N) is 2. The summed E-state index contributed by atoms with van der Waals surface area (Å²) in [5, 5.41) is 3.34. The Kier molecular flexibility index (Phi) is 4.73. The number of nitrogens with two attached hydrogens (primary N) is 1. The van der Waals surface area contributed by atoms with Crippen LogP contribution < -0.4 is 10.6 Å². The molecule has 5 heteroatoms. The fourth-order valence-electron chi connectivity index (χ4n) is 2.93. The summed E-state index contributed by atoms with van der Waals surface area (Å²) in [6, 6.07) is 5.10. The van der Waals surface area contributed by atoms with Gasteiger partial charge >= 0.3 is 0 Å². The van der Waals surface area contributed by atoms with Crippen LogP contribution in [0.5, 0.6) is 0 Å². The first-order valence-corrected chi connectivity index (χ1v) is 8.50. The van der Waals surface area contributed by atoms with Gasteiger partial charge in [0.2, 0.25) is 0 Å². The molecule has 0 spiro atoms. The molecule has 1 aliphatic heterocycles. The maximum atomic E-state index is 13.3. The van der Waals surface area contributed by atoms with E-state index in [-0.39, 0.29) is 5.82 Å². The molecule has 3 nitrogen and oxygen atoms in total. The zero-order valence-corrected chi connectivity index (χ0v) is 13.0. The van der Waals surface area contributed by atoms with E-state index >= 15 is 0 Å². The van der Waals surface area contributed by atoms with E-state index in [1.54, 1.807) is 23.5 Å². The minimum Gasteiger partial charge on any atom is -0.368 e. The third-order valence-electron chi connectivity index (χ3n) is 4.16. The van der Waals surface area contributed by atoms with Crippen LogP contribution in [-0.4, -0.2) is 44.2 Å². The highest BCUT2D eigenvalue weighted by Crippen LogP contribution is 2.33. The quantitative estimate of drug-likeness (QED) is 0.862. The molecule has 1 saturated heterocycles. The highest BCUT2D eigenvalue weighted by molar-refractivity contribution is 7.17. The van der Waals surface area contributed by atoms with Gasteiger partial charge in [-0.3, -0.25) is 4.90 Å². The Morgan fingerprint density at radius 3 is 2.71 bits per heavy atom. The number of rotatable bonds is 5. The fraction of sp³-hybridized carbons (Fsp3) is 0.500. The zero-order chi connectivity index (χ0) is 14.7. The van der Waals surface area contributed by atoms with Gasteiger partial charge in [0.15, 0.2) is 0 Å². The molecule has 0 aliphatic carbocycles. The third kappa shape index (κ3) is 3.36. The smallest absolute Gasteiger partial charge is 0.124 e. The Labute approximate surface area is 129 Å². The summed E-state index contributed by atoms with van der Waals surface area (Å²) < 4.78 is 14.3. The average molecular weight is 307 g/mol. The average Bonchev–Trinajstić information content (AvgIpc) is 2.91. The highest BCUT2D eigenvalue weighted by atomic mass is 32.1. The van der Waals surface area contributed by atoms with Crippen molar-refractivity contribution in [3.05, 3.63) is 29.4 Å². The lowest BCUT2D eigenvalue weighted by Gasteiger charge is -2.35. The number of hydrogen-bond acceptors (Lipinski definition) is 4. The van der Waals surface area contributed by atoms with Gasteiger partial charge < -0.3 is 10.6 Å². The summed E-state index contributed by atoms with van der Waals surface area (Å²) in [6.45, 7) is 6.24. The Morgan fingerprint density at radius 2 is 1.95 bits per heavy atom. The number of hydrogen-bond donors (Lipinski definition) is 1. The summed E-state index contributed by atoms with van der Waals surface area (Å²) in [7, 11) is 0. The third-order valence-corrected chi connectivity index (χ3v) is 5.09. The van der Waals surface area contributed by atoms with E-state index in [1.807, 2.05) is 6.07 Å². The van der Waals surface area contributed by atoms with Gasteiger partial charge in [-0.1, -0.05) is 0 Å². The van der Waals surface area contributed by atoms with Crippen molar-refractivity contribution in [3.63, 3.8) is 0 Å². The molecular formula is C16H22FN3S. The predicted molar refractivity (Wildman–Crippen MR) is 88.7 cm³/mol. The van der Waals surface area contributed by atoms with Gasteiger partial charge in [0, 0.05) is 41.6 Å². The molecule has 0 radical (unpaired) electrons. The number of halogens is 1. The van der Waals surface area contributed by atoms with Gasteiger partial charge in [0.1, 0.15) is 5.82 Å². The van der Waals surface area contributed by atoms with Gasteiger partial charge in [-0.25, -0.2) is 4.39 Å². The van der Waals surface area contributed by atoms with E-state index in [0.29, 0.717) is 0 Å². The number of unbranched alkanes of at least 4 members (excludes halogenated alkanes) is 1. The van der Waals surface area contributed by atoms with Crippen molar-refractivity contribution in [1.29, 1.82) is 0 Å². The second-order valence-corrected chi connectivity index (χ2v) is 6.50. The summed E-state index contributed by atoms with van der Waals surface area (Å²) in [6.07, 6.45) is 2.30. The normalized spacial score (nSPS) is 16.8. The monoisotopic (exact) mass is 307 g/mol. The standard InChI is InChI=1S/C16H22FN3S/c17-13-3-4-14-15(12-21-16(14)11-13)20-9-7-19(8-10-20)6-2-1-5-18/h3-4,11-12H,1-2,5-10,18H2. The van der Waals surface area contributed by atoms with E-state index in [0.717, 1.165) is 50.4 Å². The second-order valence-electron chi connectivity index (χ2n) is 5.59. The van der Waals surface area contributed by atoms with E-state index in [1.165, 1.54) is 17.5 Å². The summed E-state index contributed by atoms with van der Waals surface area (Å²) in [5.74, 6) is -0.152. The Bertz CT molecular complexity index is 590. The van der Waals surface area contributed by atoms with Crippen molar-refractivity contribution in [3.8, 4) is 0 Å². The molecule has 21 heavy (non-hydrogen) atoms. The summed E-state index contributed by atoms with van der Waals surface area (Å²) >= 11 is 1.63. The molecule has 0 amide bonds. The number of anilines is 1. The predicted octanol–water partition coefficient (Wildman–Crippen LogP) is 2.90. The molecule has 1 aromatic carbocycles. The summed E-state index contributed by atoms with van der Waals surface area (Å²) in [5.41, 5.74) is 6.80. The number of benzene rings is 1. The molecule has 2 aromatic rings. The van der Waals surface area contributed by atoms with Crippen molar-refractivity contribution in [2.45, 2.75) is 12.8 Å². The van der Waals surface area contributed by atoms with E-state index in [4.69, 9.17) is 5.73 Å². The molecule has 1 aliphatic rings. The van der Waals surface area contributed by atoms with E-state index in [2.05, 4.69) is 15.2 Å². The first-order valence-electron chi connectivity index (χ1n) is 7.62. The Balaban J connectivity index is 1.63. The fourth-order valence-corrected chi connectivity index (χ4v) is 3.92. The minimum absolute atomic E-state index is 0.152. The van der Waals surface area contributed by atoms with Crippen molar-refractivity contribution >= 4 is 27.1 Å². The van der Waals surface area contributed by atoms with Crippen LogP contribution in [0.4, 0.5) is 10.1 Å². The molecule has 0 unspecified atom stereocenters. The van der Waals surface area contributed by atoms with Gasteiger partial charge in [-0.15, -0.1) is 11.3 Å². The molecule has 2 heterocycles. The zero-order valence-electron chi connectivity index (χ0n) is 12.2. The SMILES string of the molecule is NCCCCN1CCN(c2csc3cc(F)ccc23)CC1. The van der Waals surface area contributed by atoms with Crippen LogP contribution in [0.1, 0.15) is 12.8 Å². The van der Waals surface area contributed by atoms with Crippen LogP contribution in [0.3, 0.4) is 0 Å². The number of thiophene rings is 1. The first kappa shape index (κ1) is 14.8. The minimum atomic E-state index is -0.152. The van der Waals surface area contributed by atoms with Crippen molar-refractivity contribution in [2.24, 2.45) is 5.73 Å².